The molecule has 0 atom stereocenters. The molecular formula is C12H19N3OS. The van der Waals surface area contributed by atoms with Crippen molar-refractivity contribution in [3.63, 3.8) is 0 Å². The SMILES string of the molecule is Cc1cc(CCN)cnc1N1CCS(=O)CC1. The molecule has 94 valence electrons. The molecular weight excluding hydrogens is 234 g/mol. The van der Waals surface area contributed by atoms with Gasteiger partial charge in [0.1, 0.15) is 5.82 Å². The zero-order valence-electron chi connectivity index (χ0n) is 10.2. The molecule has 0 amide bonds. The maximum absolute atomic E-state index is 11.3. The van der Waals surface area contributed by atoms with E-state index in [4.69, 9.17) is 5.73 Å². The highest BCUT2D eigenvalue weighted by atomic mass is 32.2. The second-order valence-corrected chi connectivity index (χ2v) is 6.05. The van der Waals surface area contributed by atoms with Crippen LogP contribution in [-0.4, -0.2) is 40.3 Å². The molecule has 0 aliphatic carbocycles. The van der Waals surface area contributed by atoms with Crippen molar-refractivity contribution in [1.82, 2.24) is 4.98 Å². The molecule has 0 radical (unpaired) electrons. The molecule has 2 rings (SSSR count). The molecule has 1 fully saturated rings. The van der Waals surface area contributed by atoms with Crippen LogP contribution >= 0.6 is 0 Å². The van der Waals surface area contributed by atoms with E-state index in [1.807, 2.05) is 6.20 Å². The van der Waals surface area contributed by atoms with E-state index in [9.17, 15) is 4.21 Å². The zero-order chi connectivity index (χ0) is 12.3. The van der Waals surface area contributed by atoms with E-state index in [-0.39, 0.29) is 0 Å². The Morgan fingerprint density at radius 3 is 2.76 bits per heavy atom. The van der Waals surface area contributed by atoms with E-state index in [2.05, 4.69) is 22.9 Å². The first-order valence-corrected chi connectivity index (χ1v) is 7.45. The molecule has 0 aromatic carbocycles. The van der Waals surface area contributed by atoms with E-state index in [0.717, 1.165) is 36.8 Å². The first-order chi connectivity index (χ1) is 8.20. The van der Waals surface area contributed by atoms with Crippen molar-refractivity contribution in [3.05, 3.63) is 23.4 Å². The average molecular weight is 253 g/mol. The summed E-state index contributed by atoms with van der Waals surface area (Å²) >= 11 is 0. The minimum Gasteiger partial charge on any atom is -0.355 e. The summed E-state index contributed by atoms with van der Waals surface area (Å²) < 4.78 is 11.3. The molecule has 0 bridgehead atoms. The fourth-order valence-corrected chi connectivity index (χ4v) is 3.16. The molecule has 17 heavy (non-hydrogen) atoms. The quantitative estimate of drug-likeness (QED) is 0.850. The lowest BCUT2D eigenvalue weighted by Gasteiger charge is -2.28. The lowest BCUT2D eigenvalue weighted by atomic mass is 10.1. The number of aryl methyl sites for hydroxylation is 1. The Kier molecular flexibility index (Phi) is 4.12. The van der Waals surface area contributed by atoms with Crippen LogP contribution in [0.25, 0.3) is 0 Å². The maximum atomic E-state index is 11.3. The number of pyridine rings is 1. The summed E-state index contributed by atoms with van der Waals surface area (Å²) in [4.78, 5) is 6.74. The fraction of sp³-hybridized carbons (Fsp3) is 0.583. The van der Waals surface area contributed by atoms with Crippen LogP contribution < -0.4 is 10.6 Å². The van der Waals surface area contributed by atoms with Gasteiger partial charge in [0.05, 0.1) is 0 Å². The van der Waals surface area contributed by atoms with Crippen molar-refractivity contribution in [2.75, 3.05) is 36.0 Å². The van der Waals surface area contributed by atoms with E-state index in [1.165, 1.54) is 11.1 Å². The molecule has 1 saturated heterocycles. The van der Waals surface area contributed by atoms with Gasteiger partial charge in [-0.3, -0.25) is 4.21 Å². The third-order valence-corrected chi connectivity index (χ3v) is 4.29. The highest BCUT2D eigenvalue weighted by Crippen LogP contribution is 2.19. The first kappa shape index (κ1) is 12.5. The van der Waals surface area contributed by atoms with Crippen LogP contribution in [0.2, 0.25) is 0 Å². The van der Waals surface area contributed by atoms with Crippen LogP contribution in [0.3, 0.4) is 0 Å². The Labute approximate surface area is 105 Å². The molecule has 1 aromatic rings. The number of anilines is 1. The molecule has 1 aromatic heterocycles. The average Bonchev–Trinajstić information content (AvgIpc) is 2.31. The van der Waals surface area contributed by atoms with Gasteiger partial charge < -0.3 is 10.6 Å². The van der Waals surface area contributed by atoms with Crippen LogP contribution in [0.4, 0.5) is 5.82 Å². The summed E-state index contributed by atoms with van der Waals surface area (Å²) in [5, 5.41) is 0. The molecule has 2 heterocycles. The van der Waals surface area contributed by atoms with Crippen molar-refractivity contribution in [2.45, 2.75) is 13.3 Å². The standard InChI is InChI=1S/C12H19N3OS/c1-10-8-11(2-3-13)9-14-12(10)15-4-6-17(16)7-5-15/h8-9H,2-7,13H2,1H3. The lowest BCUT2D eigenvalue weighted by molar-refractivity contribution is 0.672. The maximum Gasteiger partial charge on any atom is 0.131 e. The van der Waals surface area contributed by atoms with Crippen LogP contribution in [0.15, 0.2) is 12.3 Å². The summed E-state index contributed by atoms with van der Waals surface area (Å²) in [6.07, 6.45) is 2.78. The van der Waals surface area contributed by atoms with Crippen LogP contribution in [0, 0.1) is 6.92 Å². The van der Waals surface area contributed by atoms with Crippen LogP contribution in [0.1, 0.15) is 11.1 Å². The van der Waals surface area contributed by atoms with Gasteiger partial charge >= 0.3 is 0 Å². The van der Waals surface area contributed by atoms with Crippen molar-refractivity contribution in [1.29, 1.82) is 0 Å². The number of nitrogens with two attached hydrogens (primary N) is 1. The van der Waals surface area contributed by atoms with Gasteiger partial charge in [0.15, 0.2) is 0 Å². The summed E-state index contributed by atoms with van der Waals surface area (Å²) in [5.74, 6) is 2.54. The molecule has 2 N–H and O–H groups in total. The molecule has 0 unspecified atom stereocenters. The number of hydrogen-bond acceptors (Lipinski definition) is 4. The molecule has 1 aliphatic rings. The Bertz CT molecular complexity index is 412. The lowest BCUT2D eigenvalue weighted by Crippen LogP contribution is -2.38. The smallest absolute Gasteiger partial charge is 0.131 e. The van der Waals surface area contributed by atoms with Gasteiger partial charge in [0, 0.05) is 41.6 Å². The molecule has 0 spiro atoms. The van der Waals surface area contributed by atoms with E-state index in [0.29, 0.717) is 6.54 Å². The number of hydrogen-bond donors (Lipinski definition) is 1. The number of aromatic nitrogens is 1. The zero-order valence-corrected chi connectivity index (χ0v) is 11.0. The van der Waals surface area contributed by atoms with E-state index >= 15 is 0 Å². The van der Waals surface area contributed by atoms with Gasteiger partial charge in [-0.15, -0.1) is 0 Å². The van der Waals surface area contributed by atoms with Crippen molar-refractivity contribution < 1.29 is 4.21 Å². The monoisotopic (exact) mass is 253 g/mol. The second-order valence-electron chi connectivity index (χ2n) is 4.36. The number of rotatable bonds is 3. The first-order valence-electron chi connectivity index (χ1n) is 5.96. The highest BCUT2D eigenvalue weighted by Gasteiger charge is 2.17. The fourth-order valence-electron chi connectivity index (χ4n) is 2.11. The normalized spacial score (nSPS) is 17.4. The van der Waals surface area contributed by atoms with Gasteiger partial charge in [-0.05, 0) is 31.0 Å². The summed E-state index contributed by atoms with van der Waals surface area (Å²) in [5.41, 5.74) is 7.91. The Morgan fingerprint density at radius 1 is 1.47 bits per heavy atom. The predicted molar refractivity (Wildman–Crippen MR) is 71.8 cm³/mol. The molecule has 0 saturated carbocycles. The summed E-state index contributed by atoms with van der Waals surface area (Å²) in [6.45, 7) is 4.42. The van der Waals surface area contributed by atoms with Gasteiger partial charge in [0.2, 0.25) is 0 Å². The highest BCUT2D eigenvalue weighted by molar-refractivity contribution is 7.85. The Morgan fingerprint density at radius 2 is 2.18 bits per heavy atom. The Balaban J connectivity index is 2.13. The molecule has 5 heteroatoms. The third kappa shape index (κ3) is 3.04. The predicted octanol–water partition coefficient (Wildman–Crippen LogP) is 0.460. The molecule has 1 aliphatic heterocycles. The van der Waals surface area contributed by atoms with Crippen LogP contribution in [-0.2, 0) is 17.2 Å². The minimum absolute atomic E-state index is 0.635. The Hall–Kier alpha value is -0.940. The minimum atomic E-state index is -0.635. The summed E-state index contributed by atoms with van der Waals surface area (Å²) in [7, 11) is -0.635. The topological polar surface area (TPSA) is 59.2 Å². The molecule has 4 nitrogen and oxygen atoms in total. The van der Waals surface area contributed by atoms with E-state index < -0.39 is 10.8 Å². The number of nitrogens with zero attached hydrogens (tertiary/aromatic N) is 2. The summed E-state index contributed by atoms with van der Waals surface area (Å²) in [6, 6.07) is 2.15. The van der Waals surface area contributed by atoms with Crippen molar-refractivity contribution in [2.24, 2.45) is 5.73 Å². The van der Waals surface area contributed by atoms with Gasteiger partial charge in [-0.1, -0.05) is 6.07 Å². The van der Waals surface area contributed by atoms with Crippen molar-refractivity contribution >= 4 is 16.6 Å². The second kappa shape index (κ2) is 5.60. The van der Waals surface area contributed by atoms with Gasteiger partial charge in [-0.25, -0.2) is 4.98 Å². The van der Waals surface area contributed by atoms with Gasteiger partial charge in [-0.2, -0.15) is 0 Å². The third-order valence-electron chi connectivity index (χ3n) is 3.02. The van der Waals surface area contributed by atoms with Crippen LogP contribution in [0.5, 0.6) is 0 Å². The van der Waals surface area contributed by atoms with Crippen molar-refractivity contribution in [3.8, 4) is 0 Å². The largest absolute Gasteiger partial charge is 0.355 e. The van der Waals surface area contributed by atoms with E-state index in [1.54, 1.807) is 0 Å². The van der Waals surface area contributed by atoms with Gasteiger partial charge in [0.25, 0.3) is 0 Å².